The number of hydrogen-bond donors (Lipinski definition) is 2. The normalized spacial score (nSPS) is 10.1. The first-order valence-electron chi connectivity index (χ1n) is 5.50. The zero-order valence-electron chi connectivity index (χ0n) is 9.70. The zero-order valence-corrected chi connectivity index (χ0v) is 10.5. The number of carbonyl (C=O) groups excluding carboxylic acids is 1. The van der Waals surface area contributed by atoms with E-state index in [9.17, 15) is 4.79 Å². The van der Waals surface area contributed by atoms with E-state index in [4.69, 9.17) is 21.4 Å². The third kappa shape index (κ3) is 4.24. The van der Waals surface area contributed by atoms with Crippen LogP contribution in [0.1, 0.15) is 23.7 Å². The summed E-state index contributed by atoms with van der Waals surface area (Å²) >= 11 is 5.97. The maximum atomic E-state index is 11.6. The highest BCUT2D eigenvalue weighted by Crippen LogP contribution is 2.25. The standard InChI is InChI=1S/C12H16ClNO3/c1-2-17-11-5-4-9(8-10(11)13)12(16)14-6-3-7-15/h4-5,8,15H,2-3,6-7H2,1H3,(H,14,16). The van der Waals surface area contributed by atoms with E-state index in [-0.39, 0.29) is 12.5 Å². The minimum atomic E-state index is -0.205. The van der Waals surface area contributed by atoms with Gasteiger partial charge >= 0.3 is 0 Å². The van der Waals surface area contributed by atoms with Crippen LogP contribution in [0.4, 0.5) is 0 Å². The van der Waals surface area contributed by atoms with Crippen LogP contribution in [-0.2, 0) is 0 Å². The van der Waals surface area contributed by atoms with Gasteiger partial charge in [0, 0.05) is 18.7 Å². The Balaban J connectivity index is 2.65. The molecule has 2 N–H and O–H groups in total. The molecule has 0 aliphatic rings. The van der Waals surface area contributed by atoms with Crippen molar-refractivity contribution in [1.29, 1.82) is 0 Å². The molecule has 0 fully saturated rings. The van der Waals surface area contributed by atoms with Gasteiger partial charge in [0.05, 0.1) is 11.6 Å². The van der Waals surface area contributed by atoms with E-state index in [1.807, 2.05) is 6.92 Å². The van der Waals surface area contributed by atoms with Crippen LogP contribution in [0.2, 0.25) is 5.02 Å². The number of carbonyl (C=O) groups is 1. The van der Waals surface area contributed by atoms with Gasteiger partial charge in [-0.25, -0.2) is 0 Å². The third-order valence-corrected chi connectivity index (χ3v) is 2.41. The minimum absolute atomic E-state index is 0.0598. The second-order valence-corrected chi connectivity index (χ2v) is 3.82. The SMILES string of the molecule is CCOc1ccc(C(=O)NCCCO)cc1Cl. The lowest BCUT2D eigenvalue weighted by atomic mass is 10.2. The highest BCUT2D eigenvalue weighted by atomic mass is 35.5. The first kappa shape index (κ1) is 13.8. The summed E-state index contributed by atoms with van der Waals surface area (Å²) in [6.07, 6.45) is 0.538. The predicted molar refractivity (Wildman–Crippen MR) is 66.7 cm³/mol. The molecule has 1 aromatic rings. The van der Waals surface area contributed by atoms with E-state index < -0.39 is 0 Å². The molecule has 0 aromatic heterocycles. The molecule has 0 bridgehead atoms. The number of hydrogen-bond acceptors (Lipinski definition) is 3. The minimum Gasteiger partial charge on any atom is -0.492 e. The molecule has 0 saturated heterocycles. The van der Waals surface area contributed by atoms with Gasteiger partial charge in [0.2, 0.25) is 0 Å². The van der Waals surface area contributed by atoms with Crippen LogP contribution in [-0.4, -0.2) is 30.8 Å². The number of aliphatic hydroxyl groups is 1. The van der Waals surface area contributed by atoms with Crippen molar-refractivity contribution in [2.45, 2.75) is 13.3 Å². The Morgan fingerprint density at radius 3 is 2.88 bits per heavy atom. The van der Waals surface area contributed by atoms with Gasteiger partial charge in [-0.2, -0.15) is 0 Å². The number of halogens is 1. The summed E-state index contributed by atoms with van der Waals surface area (Å²) in [5.41, 5.74) is 0.483. The van der Waals surface area contributed by atoms with Crippen molar-refractivity contribution in [2.75, 3.05) is 19.8 Å². The Bertz CT molecular complexity index is 382. The topological polar surface area (TPSA) is 58.6 Å². The molecule has 0 aliphatic carbocycles. The molecule has 1 rings (SSSR count). The van der Waals surface area contributed by atoms with E-state index in [1.165, 1.54) is 0 Å². The molecule has 4 nitrogen and oxygen atoms in total. The van der Waals surface area contributed by atoms with Gasteiger partial charge in [-0.15, -0.1) is 0 Å². The second-order valence-electron chi connectivity index (χ2n) is 3.41. The van der Waals surface area contributed by atoms with Gasteiger partial charge in [0.1, 0.15) is 5.75 Å². The first-order chi connectivity index (χ1) is 8.19. The van der Waals surface area contributed by atoms with Crippen molar-refractivity contribution in [3.8, 4) is 5.75 Å². The van der Waals surface area contributed by atoms with Crippen molar-refractivity contribution in [2.24, 2.45) is 0 Å². The number of rotatable bonds is 6. The number of amides is 1. The lowest BCUT2D eigenvalue weighted by Crippen LogP contribution is -2.24. The summed E-state index contributed by atoms with van der Waals surface area (Å²) in [4.78, 5) is 11.6. The Morgan fingerprint density at radius 2 is 2.29 bits per heavy atom. The number of benzene rings is 1. The molecule has 17 heavy (non-hydrogen) atoms. The summed E-state index contributed by atoms with van der Waals surface area (Å²) in [7, 11) is 0. The average molecular weight is 258 g/mol. The molecule has 1 amide bonds. The van der Waals surface area contributed by atoms with E-state index in [2.05, 4.69) is 5.32 Å². The molecule has 1 aromatic carbocycles. The zero-order chi connectivity index (χ0) is 12.7. The van der Waals surface area contributed by atoms with Crippen molar-refractivity contribution in [1.82, 2.24) is 5.32 Å². The largest absolute Gasteiger partial charge is 0.492 e. The molecule has 0 radical (unpaired) electrons. The fourth-order valence-corrected chi connectivity index (χ4v) is 1.53. The molecule has 0 atom stereocenters. The van der Waals surface area contributed by atoms with Crippen LogP contribution >= 0.6 is 11.6 Å². The maximum absolute atomic E-state index is 11.6. The molecule has 0 unspecified atom stereocenters. The van der Waals surface area contributed by atoms with E-state index >= 15 is 0 Å². The monoisotopic (exact) mass is 257 g/mol. The molecule has 0 heterocycles. The highest BCUT2D eigenvalue weighted by molar-refractivity contribution is 6.32. The van der Waals surface area contributed by atoms with Gasteiger partial charge in [-0.05, 0) is 31.5 Å². The average Bonchev–Trinajstić information content (AvgIpc) is 2.32. The fraction of sp³-hybridized carbons (Fsp3) is 0.417. The van der Waals surface area contributed by atoms with Crippen LogP contribution in [0, 0.1) is 0 Å². The third-order valence-electron chi connectivity index (χ3n) is 2.11. The molecular formula is C12H16ClNO3. The summed E-state index contributed by atoms with van der Waals surface area (Å²) in [5, 5.41) is 11.7. The quantitative estimate of drug-likeness (QED) is 0.765. The van der Waals surface area contributed by atoms with Crippen LogP contribution < -0.4 is 10.1 Å². The van der Waals surface area contributed by atoms with E-state index in [0.717, 1.165) is 0 Å². The predicted octanol–water partition coefficient (Wildman–Crippen LogP) is 1.85. The van der Waals surface area contributed by atoms with Crippen LogP contribution in [0.25, 0.3) is 0 Å². The Hall–Kier alpha value is -1.26. The van der Waals surface area contributed by atoms with Gasteiger partial charge in [-0.1, -0.05) is 11.6 Å². The molecule has 0 aliphatic heterocycles. The van der Waals surface area contributed by atoms with Crippen molar-refractivity contribution < 1.29 is 14.6 Å². The first-order valence-corrected chi connectivity index (χ1v) is 5.88. The Labute approximate surface area is 106 Å². The van der Waals surface area contributed by atoms with E-state index in [1.54, 1.807) is 18.2 Å². The van der Waals surface area contributed by atoms with Gasteiger partial charge < -0.3 is 15.2 Å². The summed E-state index contributed by atoms with van der Waals surface area (Å²) in [6.45, 7) is 2.90. The van der Waals surface area contributed by atoms with Crippen LogP contribution in [0.15, 0.2) is 18.2 Å². The van der Waals surface area contributed by atoms with Gasteiger partial charge in [-0.3, -0.25) is 4.79 Å². The van der Waals surface area contributed by atoms with Crippen LogP contribution in [0.3, 0.4) is 0 Å². The van der Waals surface area contributed by atoms with Crippen LogP contribution in [0.5, 0.6) is 5.75 Å². The molecular weight excluding hydrogens is 242 g/mol. The summed E-state index contributed by atoms with van der Waals surface area (Å²) < 4.78 is 5.27. The number of ether oxygens (including phenoxy) is 1. The summed E-state index contributed by atoms with van der Waals surface area (Å²) in [6, 6.07) is 4.90. The van der Waals surface area contributed by atoms with Gasteiger partial charge in [0.15, 0.2) is 0 Å². The number of nitrogens with one attached hydrogen (secondary N) is 1. The lowest BCUT2D eigenvalue weighted by molar-refractivity contribution is 0.0951. The Kier molecular flexibility index (Phi) is 5.80. The smallest absolute Gasteiger partial charge is 0.251 e. The fourth-order valence-electron chi connectivity index (χ4n) is 1.30. The summed E-state index contributed by atoms with van der Waals surface area (Å²) in [5.74, 6) is 0.365. The molecule has 5 heteroatoms. The van der Waals surface area contributed by atoms with Crippen molar-refractivity contribution >= 4 is 17.5 Å². The second kappa shape index (κ2) is 7.14. The maximum Gasteiger partial charge on any atom is 0.251 e. The molecule has 94 valence electrons. The van der Waals surface area contributed by atoms with Gasteiger partial charge in [0.25, 0.3) is 5.91 Å². The molecule has 0 spiro atoms. The highest BCUT2D eigenvalue weighted by Gasteiger charge is 2.08. The number of aliphatic hydroxyl groups excluding tert-OH is 1. The van der Waals surface area contributed by atoms with Crippen molar-refractivity contribution in [3.63, 3.8) is 0 Å². The Morgan fingerprint density at radius 1 is 1.53 bits per heavy atom. The van der Waals surface area contributed by atoms with E-state index in [0.29, 0.717) is 35.9 Å². The molecule has 0 saturated carbocycles. The lowest BCUT2D eigenvalue weighted by Gasteiger charge is -2.08. The van der Waals surface area contributed by atoms with Crippen molar-refractivity contribution in [3.05, 3.63) is 28.8 Å².